The SMILES string of the molecule is CN1CC(=O)N2[C@H](c3ccc4c(c3)OCO4)c3[nH]c4ccccc4c3C[C@@H]2C1=O.C[C@H]1CCC[C@H](O)CCCCCc2cc(O)cc(O)c2C(=O)O1. The number of likely N-dealkylation sites (N-methyl/N-ethyl adjacent to an activating group) is 1. The summed E-state index contributed by atoms with van der Waals surface area (Å²) in [4.78, 5) is 45.3. The first-order valence-corrected chi connectivity index (χ1v) is 18.1. The van der Waals surface area contributed by atoms with Crippen LogP contribution in [0.1, 0.15) is 90.7 Å². The number of phenols is 2. The number of hydrogen-bond acceptors (Lipinski definition) is 9. The number of H-pyrrole nitrogens is 1. The lowest BCUT2D eigenvalue weighted by molar-refractivity contribution is -0.157. The van der Waals surface area contributed by atoms with E-state index >= 15 is 0 Å². The maximum Gasteiger partial charge on any atom is 0.342 e. The average Bonchev–Trinajstić information content (AvgIpc) is 3.73. The molecule has 4 N–H and O–H groups in total. The number of nitrogens with one attached hydrogen (secondary N) is 1. The molecular formula is C40H45N3O9. The molecule has 0 unspecified atom stereocenters. The van der Waals surface area contributed by atoms with E-state index in [4.69, 9.17) is 14.2 Å². The number of carbonyl (C=O) groups is 3. The summed E-state index contributed by atoms with van der Waals surface area (Å²) in [6, 6.07) is 15.6. The van der Waals surface area contributed by atoms with Crippen molar-refractivity contribution in [3.63, 3.8) is 0 Å². The minimum Gasteiger partial charge on any atom is -0.508 e. The molecule has 2 amide bonds. The van der Waals surface area contributed by atoms with E-state index in [2.05, 4.69) is 11.1 Å². The van der Waals surface area contributed by atoms with Gasteiger partial charge in [-0.15, -0.1) is 0 Å². The first kappa shape index (κ1) is 35.2. The van der Waals surface area contributed by atoms with Crippen LogP contribution in [-0.2, 0) is 27.2 Å². The Labute approximate surface area is 301 Å². The normalized spacial score (nSPS) is 23.5. The van der Waals surface area contributed by atoms with Gasteiger partial charge < -0.3 is 44.3 Å². The first-order valence-electron chi connectivity index (χ1n) is 18.1. The highest BCUT2D eigenvalue weighted by Crippen LogP contribution is 2.44. The van der Waals surface area contributed by atoms with Crippen LogP contribution in [0.25, 0.3) is 10.9 Å². The highest BCUT2D eigenvalue weighted by molar-refractivity contribution is 5.97. The Hall–Kier alpha value is -5.23. The predicted octanol–water partition coefficient (Wildman–Crippen LogP) is 5.50. The summed E-state index contributed by atoms with van der Waals surface area (Å²) >= 11 is 0. The summed E-state index contributed by atoms with van der Waals surface area (Å²) < 4.78 is 16.4. The number of fused-ring (bicyclic) bond motifs is 6. The van der Waals surface area contributed by atoms with Gasteiger partial charge in [-0.1, -0.05) is 37.1 Å². The van der Waals surface area contributed by atoms with E-state index in [0.717, 1.165) is 66.2 Å². The van der Waals surface area contributed by atoms with Gasteiger partial charge in [-0.05, 0) is 86.4 Å². The number of aryl methyl sites for hydroxylation is 1. The maximum atomic E-state index is 13.1. The van der Waals surface area contributed by atoms with Gasteiger partial charge in [0.15, 0.2) is 11.5 Å². The molecule has 4 aliphatic rings. The minimum atomic E-state index is -0.553. The predicted molar refractivity (Wildman–Crippen MR) is 191 cm³/mol. The van der Waals surface area contributed by atoms with Gasteiger partial charge in [0.05, 0.1) is 24.8 Å². The largest absolute Gasteiger partial charge is 0.508 e. The van der Waals surface area contributed by atoms with Gasteiger partial charge in [0.1, 0.15) is 23.1 Å². The Balaban J connectivity index is 0.000000167. The van der Waals surface area contributed by atoms with E-state index in [1.807, 2.05) is 43.3 Å². The van der Waals surface area contributed by atoms with Gasteiger partial charge >= 0.3 is 5.97 Å². The van der Waals surface area contributed by atoms with Crippen molar-refractivity contribution in [2.75, 3.05) is 20.4 Å². The molecule has 4 aliphatic heterocycles. The van der Waals surface area contributed by atoms with Crippen molar-refractivity contribution in [2.24, 2.45) is 0 Å². The molecule has 3 aromatic carbocycles. The quantitative estimate of drug-likeness (QED) is 0.187. The highest BCUT2D eigenvalue weighted by Gasteiger charge is 2.47. The van der Waals surface area contributed by atoms with E-state index in [1.165, 1.54) is 17.0 Å². The zero-order valence-electron chi connectivity index (χ0n) is 29.5. The molecule has 0 spiro atoms. The summed E-state index contributed by atoms with van der Waals surface area (Å²) in [7, 11) is 1.69. The first-order chi connectivity index (χ1) is 25.1. The third kappa shape index (κ3) is 6.99. The maximum absolute atomic E-state index is 13.1. The van der Waals surface area contributed by atoms with Crippen molar-refractivity contribution in [3.05, 3.63) is 82.5 Å². The number of hydrogen-bond donors (Lipinski definition) is 4. The number of cyclic esters (lactones) is 1. The van der Waals surface area contributed by atoms with Crippen LogP contribution in [0.5, 0.6) is 23.0 Å². The lowest BCUT2D eigenvalue weighted by atomic mass is 9.86. The third-order valence-electron chi connectivity index (χ3n) is 10.5. The lowest BCUT2D eigenvalue weighted by Gasteiger charge is -2.46. The second-order valence-electron chi connectivity index (χ2n) is 14.2. The van der Waals surface area contributed by atoms with Crippen molar-refractivity contribution in [2.45, 2.75) is 89.0 Å². The summed E-state index contributed by atoms with van der Waals surface area (Å²) in [5.74, 6) is 0.435. The van der Waals surface area contributed by atoms with Crippen molar-refractivity contribution in [1.29, 1.82) is 0 Å². The number of phenolic OH excluding ortho intramolecular Hbond substituents is 2. The van der Waals surface area contributed by atoms with Crippen LogP contribution in [0.4, 0.5) is 0 Å². The van der Waals surface area contributed by atoms with Gasteiger partial charge in [-0.3, -0.25) is 9.59 Å². The van der Waals surface area contributed by atoms with Gasteiger partial charge in [-0.2, -0.15) is 0 Å². The Morgan fingerprint density at radius 3 is 2.52 bits per heavy atom. The molecule has 5 heterocycles. The molecule has 0 bridgehead atoms. The number of amides is 2. The Kier molecular flexibility index (Phi) is 10.0. The molecule has 274 valence electrons. The zero-order valence-corrected chi connectivity index (χ0v) is 29.5. The molecular weight excluding hydrogens is 666 g/mol. The summed E-state index contributed by atoms with van der Waals surface area (Å²) in [5.41, 5.74) is 4.74. The van der Waals surface area contributed by atoms with Gasteiger partial charge in [0.2, 0.25) is 18.6 Å². The summed E-state index contributed by atoms with van der Waals surface area (Å²) in [5, 5.41) is 30.7. The molecule has 12 heteroatoms. The Bertz CT molecular complexity index is 1990. The fourth-order valence-corrected chi connectivity index (χ4v) is 7.90. The molecule has 0 radical (unpaired) electrons. The van der Waals surface area contributed by atoms with E-state index in [-0.39, 0.29) is 60.5 Å². The van der Waals surface area contributed by atoms with E-state index in [0.29, 0.717) is 36.3 Å². The van der Waals surface area contributed by atoms with Crippen molar-refractivity contribution < 1.29 is 43.9 Å². The number of esters is 1. The van der Waals surface area contributed by atoms with Gasteiger partial charge in [0.25, 0.3) is 0 Å². The van der Waals surface area contributed by atoms with Crippen LogP contribution in [0, 0.1) is 0 Å². The van der Waals surface area contributed by atoms with Crippen LogP contribution < -0.4 is 9.47 Å². The number of benzene rings is 3. The van der Waals surface area contributed by atoms with Crippen molar-refractivity contribution >= 4 is 28.7 Å². The van der Waals surface area contributed by atoms with E-state index in [1.54, 1.807) is 11.9 Å². The number of para-hydroxylation sites is 1. The highest BCUT2D eigenvalue weighted by atomic mass is 16.7. The van der Waals surface area contributed by atoms with Crippen molar-refractivity contribution in [3.8, 4) is 23.0 Å². The molecule has 52 heavy (non-hydrogen) atoms. The van der Waals surface area contributed by atoms with E-state index in [9.17, 15) is 29.7 Å². The van der Waals surface area contributed by atoms with Crippen LogP contribution in [0.15, 0.2) is 54.6 Å². The molecule has 0 saturated carbocycles. The third-order valence-corrected chi connectivity index (χ3v) is 10.5. The fraction of sp³-hybridized carbons (Fsp3) is 0.425. The van der Waals surface area contributed by atoms with Crippen molar-refractivity contribution in [1.82, 2.24) is 14.8 Å². The molecule has 1 saturated heterocycles. The Morgan fingerprint density at radius 2 is 1.67 bits per heavy atom. The lowest BCUT2D eigenvalue weighted by Crippen LogP contribution is -2.62. The number of carbonyl (C=O) groups excluding carboxylic acids is 3. The topological polar surface area (TPSA) is 162 Å². The van der Waals surface area contributed by atoms with Crippen LogP contribution in [0.3, 0.4) is 0 Å². The number of aliphatic hydroxyl groups is 1. The number of aromatic hydroxyl groups is 2. The average molecular weight is 712 g/mol. The molecule has 12 nitrogen and oxygen atoms in total. The monoisotopic (exact) mass is 711 g/mol. The number of aromatic nitrogens is 1. The molecule has 1 fully saturated rings. The second-order valence-corrected chi connectivity index (χ2v) is 14.2. The van der Waals surface area contributed by atoms with Crippen LogP contribution >= 0.6 is 0 Å². The number of ether oxygens (including phenoxy) is 3. The standard InChI is InChI=1S/C22H19N3O4.C18H26O5/c1-24-10-19(26)25-16(22(24)27)9-14-13-4-2-3-5-15(13)23-20(14)21(25)12-6-7-17-18(8-12)29-11-28-17;1-12-6-5-9-14(19)8-4-2-3-7-13-10-15(20)11-16(21)17(13)18(22)23-12/h2-8,16,21,23H,9-11H2,1H3;10-12,14,19-21H,2-9H2,1H3/t16-,21-;12-,14+/m10/s1. The fourth-order valence-electron chi connectivity index (χ4n) is 7.90. The summed E-state index contributed by atoms with van der Waals surface area (Å²) in [6.45, 7) is 2.09. The molecule has 1 aromatic heterocycles. The number of aromatic amines is 1. The number of nitrogens with zero attached hydrogens (tertiary/aromatic N) is 2. The molecule has 0 aliphatic carbocycles. The zero-order chi connectivity index (χ0) is 36.5. The molecule has 4 aromatic rings. The molecule has 4 atom stereocenters. The van der Waals surface area contributed by atoms with Crippen LogP contribution in [0.2, 0.25) is 0 Å². The van der Waals surface area contributed by atoms with Crippen LogP contribution in [-0.4, -0.2) is 86.5 Å². The van der Waals surface area contributed by atoms with E-state index < -0.39 is 12.0 Å². The molecule has 8 rings (SSSR count). The number of rotatable bonds is 1. The smallest absolute Gasteiger partial charge is 0.342 e. The Morgan fingerprint density at radius 1 is 0.885 bits per heavy atom. The van der Waals surface area contributed by atoms with Gasteiger partial charge in [0, 0.05) is 36.1 Å². The number of aliphatic hydroxyl groups excluding tert-OH is 1. The number of piperazine rings is 1. The summed E-state index contributed by atoms with van der Waals surface area (Å²) in [6.07, 6.45) is 6.18. The second kappa shape index (κ2) is 14.8. The van der Waals surface area contributed by atoms with Gasteiger partial charge in [-0.25, -0.2) is 4.79 Å². The minimum absolute atomic E-state index is 0.0220.